The Morgan fingerprint density at radius 1 is 1.05 bits per heavy atom. The zero-order chi connectivity index (χ0) is 30.0. The van der Waals surface area contributed by atoms with Gasteiger partial charge >= 0.3 is 18.2 Å². The molecule has 4 atom stereocenters. The largest absolute Gasteiger partial charge is 0.463 e. The first-order valence-electron chi connectivity index (χ1n) is 14.5. The normalized spacial score (nSPS) is 25.5. The Morgan fingerprint density at radius 3 is 2.44 bits per heavy atom. The highest BCUT2D eigenvalue weighted by Crippen LogP contribution is 2.28. The van der Waals surface area contributed by atoms with Crippen LogP contribution in [0, 0.1) is 0 Å². The molecule has 0 aromatic rings. The smallest absolute Gasteiger partial charge is 0.409 e. The van der Waals surface area contributed by atoms with Gasteiger partial charge in [0.15, 0.2) is 0 Å². The van der Waals surface area contributed by atoms with Crippen molar-refractivity contribution in [1.29, 1.82) is 0 Å². The summed E-state index contributed by atoms with van der Waals surface area (Å²) >= 11 is 0. The predicted octanol–water partition coefficient (Wildman–Crippen LogP) is 1.60. The van der Waals surface area contributed by atoms with Crippen molar-refractivity contribution in [3.8, 4) is 0 Å². The third kappa shape index (κ3) is 10.5. The second-order valence-corrected chi connectivity index (χ2v) is 11.4. The second kappa shape index (κ2) is 15.4. The number of rotatable bonds is 9. The van der Waals surface area contributed by atoms with E-state index in [9.17, 15) is 19.2 Å². The molecule has 0 saturated carbocycles. The van der Waals surface area contributed by atoms with Gasteiger partial charge in [-0.15, -0.1) is 0 Å². The van der Waals surface area contributed by atoms with Crippen LogP contribution in [0.25, 0.3) is 0 Å². The van der Waals surface area contributed by atoms with Crippen LogP contribution < -0.4 is 10.6 Å². The number of nitrogens with one attached hydrogen (secondary N) is 2. The van der Waals surface area contributed by atoms with Gasteiger partial charge in [0.1, 0.15) is 12.2 Å². The van der Waals surface area contributed by atoms with Crippen LogP contribution in [0.2, 0.25) is 0 Å². The maximum atomic E-state index is 12.8. The summed E-state index contributed by atoms with van der Waals surface area (Å²) in [6.45, 7) is 12.3. The maximum Gasteiger partial charge on any atom is 0.409 e. The minimum atomic E-state index is -0.713. The summed E-state index contributed by atoms with van der Waals surface area (Å²) in [5.41, 5.74) is -0.285. The molecule has 2 N–H and O–H groups in total. The summed E-state index contributed by atoms with van der Waals surface area (Å²) in [5, 5.41) is 5.87. The van der Waals surface area contributed by atoms with Crippen molar-refractivity contribution in [3.05, 3.63) is 11.6 Å². The lowest BCUT2D eigenvalue weighted by Gasteiger charge is -2.45. The number of hydrogen-bond acceptors (Lipinski definition) is 10. The highest BCUT2D eigenvalue weighted by molar-refractivity contribution is 5.89. The number of nitrogens with zero attached hydrogens (tertiary/aromatic N) is 2. The third-order valence-electron chi connectivity index (χ3n) is 6.99. The number of hydrogen-bond donors (Lipinski definition) is 2. The van der Waals surface area contributed by atoms with E-state index in [0.717, 1.165) is 12.8 Å². The first-order chi connectivity index (χ1) is 19.5. The lowest BCUT2D eigenvalue weighted by molar-refractivity contribution is -0.139. The molecule has 0 radical (unpaired) electrons. The Morgan fingerprint density at radius 2 is 1.78 bits per heavy atom. The van der Waals surface area contributed by atoms with E-state index in [2.05, 4.69) is 15.5 Å². The average molecular weight is 583 g/mol. The van der Waals surface area contributed by atoms with Crippen LogP contribution in [0.1, 0.15) is 53.9 Å². The zero-order valence-electron chi connectivity index (χ0n) is 24.9. The molecule has 2 aliphatic heterocycles. The number of amides is 3. The molecule has 13 heteroatoms. The molecule has 13 nitrogen and oxygen atoms in total. The van der Waals surface area contributed by atoms with Gasteiger partial charge in [0.05, 0.1) is 50.7 Å². The first kappa shape index (κ1) is 32.6. The van der Waals surface area contributed by atoms with Gasteiger partial charge in [0, 0.05) is 38.6 Å². The number of likely N-dealkylation sites (tertiary alicyclic amines) is 1. The molecular weight excluding hydrogens is 536 g/mol. The van der Waals surface area contributed by atoms with Crippen LogP contribution in [0.5, 0.6) is 0 Å². The molecule has 2 fully saturated rings. The Bertz CT molecular complexity index is 945. The van der Waals surface area contributed by atoms with Crippen molar-refractivity contribution in [2.75, 3.05) is 59.2 Å². The molecule has 0 spiro atoms. The van der Waals surface area contributed by atoms with E-state index in [1.807, 2.05) is 6.08 Å². The van der Waals surface area contributed by atoms with Crippen molar-refractivity contribution in [3.63, 3.8) is 0 Å². The van der Waals surface area contributed by atoms with Crippen molar-refractivity contribution in [1.82, 2.24) is 20.4 Å². The van der Waals surface area contributed by atoms with E-state index >= 15 is 0 Å². The maximum absolute atomic E-state index is 12.8. The number of alkyl carbamates (subject to hydrolysis) is 1. The van der Waals surface area contributed by atoms with Crippen molar-refractivity contribution in [2.45, 2.75) is 83.7 Å². The molecule has 1 aliphatic carbocycles. The Kier molecular flexibility index (Phi) is 12.2. The first-order valence-corrected chi connectivity index (χ1v) is 14.5. The van der Waals surface area contributed by atoms with Crippen molar-refractivity contribution >= 4 is 24.1 Å². The van der Waals surface area contributed by atoms with Gasteiger partial charge in [-0.1, -0.05) is 6.08 Å². The summed E-state index contributed by atoms with van der Waals surface area (Å²) < 4.78 is 27.4. The van der Waals surface area contributed by atoms with Crippen LogP contribution in [0.4, 0.5) is 9.59 Å². The molecule has 2 saturated heterocycles. The van der Waals surface area contributed by atoms with Crippen LogP contribution >= 0.6 is 0 Å². The standard InChI is InChI=1S/C28H46N4O9/c1-6-38-25(34)20-16-22(30-26(35)41-28(3,4)5)24(29-19(2)33)23(17-20)32-9-7-8-21(18-32)39-14-15-40-27(36)31-10-12-37-13-11-31/h17,21-24H,6-16,18H2,1-5H3,(H,29,33)(H,30,35)/t21-,22-,23+,24-/m0/s1. The second-order valence-electron chi connectivity index (χ2n) is 11.4. The number of ether oxygens (including phenoxy) is 5. The Hall–Kier alpha value is -2.90. The summed E-state index contributed by atoms with van der Waals surface area (Å²) in [4.78, 5) is 53.8. The summed E-state index contributed by atoms with van der Waals surface area (Å²) in [6.07, 6.45) is 2.52. The molecule has 3 amide bonds. The fourth-order valence-electron chi connectivity index (χ4n) is 5.26. The molecule has 232 valence electrons. The molecule has 41 heavy (non-hydrogen) atoms. The molecule has 0 bridgehead atoms. The molecule has 0 aromatic heterocycles. The van der Waals surface area contributed by atoms with E-state index in [1.54, 1.807) is 32.6 Å². The van der Waals surface area contributed by atoms with Crippen LogP contribution in [-0.4, -0.2) is 123 Å². The van der Waals surface area contributed by atoms with Gasteiger partial charge in [-0.3, -0.25) is 9.69 Å². The third-order valence-corrected chi connectivity index (χ3v) is 6.99. The molecule has 0 aromatic carbocycles. The minimum absolute atomic E-state index is 0.137. The molecule has 0 unspecified atom stereocenters. The van der Waals surface area contributed by atoms with Gasteiger partial charge in [-0.05, 0) is 47.1 Å². The lowest BCUT2D eigenvalue weighted by atomic mass is 9.84. The monoisotopic (exact) mass is 582 g/mol. The molecule has 3 rings (SSSR count). The van der Waals surface area contributed by atoms with Gasteiger partial charge in [0.2, 0.25) is 5.91 Å². The van der Waals surface area contributed by atoms with Gasteiger partial charge in [0.25, 0.3) is 0 Å². The Balaban J connectivity index is 1.68. The average Bonchev–Trinajstić information content (AvgIpc) is 2.91. The number of esters is 1. The number of piperidine rings is 1. The van der Waals surface area contributed by atoms with E-state index in [0.29, 0.717) is 45.0 Å². The quantitative estimate of drug-likeness (QED) is 0.234. The summed E-state index contributed by atoms with van der Waals surface area (Å²) in [7, 11) is 0. The SMILES string of the molecule is CCOC(=O)C1=C[C@@H](N2CCC[C@H](OCCOC(=O)N3CCOCC3)C2)[C@@H](NC(C)=O)[C@@H](NC(=O)OC(C)(C)C)C1. The fourth-order valence-corrected chi connectivity index (χ4v) is 5.26. The van der Waals surface area contributed by atoms with Crippen LogP contribution in [-0.2, 0) is 33.3 Å². The highest BCUT2D eigenvalue weighted by atomic mass is 16.6. The summed E-state index contributed by atoms with van der Waals surface area (Å²) in [5.74, 6) is -0.711. The highest BCUT2D eigenvalue weighted by Gasteiger charge is 2.41. The van der Waals surface area contributed by atoms with Gasteiger partial charge in [-0.2, -0.15) is 0 Å². The predicted molar refractivity (Wildman–Crippen MR) is 148 cm³/mol. The lowest BCUT2D eigenvalue weighted by Crippen LogP contribution is -2.64. The van der Waals surface area contributed by atoms with E-state index in [4.69, 9.17) is 23.7 Å². The minimum Gasteiger partial charge on any atom is -0.463 e. The summed E-state index contributed by atoms with van der Waals surface area (Å²) in [6, 6.07) is -1.53. The van der Waals surface area contributed by atoms with E-state index in [-0.39, 0.29) is 44.3 Å². The van der Waals surface area contributed by atoms with Crippen LogP contribution in [0.15, 0.2) is 11.6 Å². The number of carbonyl (C=O) groups excluding carboxylic acids is 4. The topological polar surface area (TPSA) is 145 Å². The van der Waals surface area contributed by atoms with Gasteiger partial charge < -0.3 is 39.2 Å². The van der Waals surface area contributed by atoms with Gasteiger partial charge in [-0.25, -0.2) is 14.4 Å². The fraction of sp³-hybridized carbons (Fsp3) is 0.786. The molecular formula is C28H46N4O9. The van der Waals surface area contributed by atoms with Crippen molar-refractivity contribution < 1.29 is 42.9 Å². The van der Waals surface area contributed by atoms with Crippen LogP contribution in [0.3, 0.4) is 0 Å². The van der Waals surface area contributed by atoms with E-state index in [1.165, 1.54) is 6.92 Å². The Labute approximate surface area is 242 Å². The molecule has 2 heterocycles. The number of carbonyl (C=O) groups is 4. The zero-order valence-corrected chi connectivity index (χ0v) is 24.9. The van der Waals surface area contributed by atoms with Crippen molar-refractivity contribution in [2.24, 2.45) is 0 Å². The molecule has 3 aliphatic rings. The van der Waals surface area contributed by atoms with E-state index < -0.39 is 35.8 Å². The number of morpholine rings is 1.